The van der Waals surface area contributed by atoms with Crippen LogP contribution in [0.15, 0.2) is 6.20 Å². The molecule has 1 fully saturated rings. The molecule has 1 aliphatic rings. The molecule has 1 saturated heterocycles. The van der Waals surface area contributed by atoms with E-state index in [1.54, 1.807) is 18.0 Å². The average Bonchev–Trinajstić information content (AvgIpc) is 2.73. The maximum absolute atomic E-state index is 13.8. The molecule has 32 heavy (non-hydrogen) atoms. The third kappa shape index (κ3) is 7.33. The van der Waals surface area contributed by atoms with Gasteiger partial charge in [0.25, 0.3) is 5.91 Å². The Balaban J connectivity index is 2.36. The molecule has 180 valence electrons. The number of hydrogen-bond donors (Lipinski definition) is 3. The molecule has 2 rings (SSSR count). The van der Waals surface area contributed by atoms with Gasteiger partial charge in [-0.25, -0.2) is 9.97 Å². The van der Waals surface area contributed by atoms with E-state index in [1.165, 1.54) is 0 Å². The van der Waals surface area contributed by atoms with Crippen LogP contribution in [-0.2, 0) is 10.2 Å². The summed E-state index contributed by atoms with van der Waals surface area (Å²) in [5.41, 5.74) is 5.82. The molecule has 0 spiro atoms. The van der Waals surface area contributed by atoms with Gasteiger partial charge in [0.05, 0.1) is 5.92 Å². The van der Waals surface area contributed by atoms with E-state index in [0.29, 0.717) is 43.3 Å². The van der Waals surface area contributed by atoms with Crippen molar-refractivity contribution >= 4 is 29.4 Å². The Morgan fingerprint density at radius 1 is 1.34 bits per heavy atom. The molecule has 2 amide bonds. The highest BCUT2D eigenvalue weighted by atomic mass is 32.2. The van der Waals surface area contributed by atoms with Crippen molar-refractivity contribution in [3.63, 3.8) is 0 Å². The summed E-state index contributed by atoms with van der Waals surface area (Å²) in [4.78, 5) is 36.7. The van der Waals surface area contributed by atoms with Crippen LogP contribution in [0.2, 0.25) is 0 Å². The molecule has 0 saturated carbocycles. The van der Waals surface area contributed by atoms with Crippen LogP contribution in [0.3, 0.4) is 0 Å². The second kappa shape index (κ2) is 11.8. The standard InChI is InChI=1S/C23H40N6O2S/c1-15(2)14-29(17-10-16(19(24)30)11-25-12-17)21(31)18-13-27-22(23(3,4)5)28-20(18)26-8-7-9-32-6/h13,15-17,25H,7-12,14H2,1-6H3,(H2,24,30)(H,26,27,28)/t16-,17+/m1/s1. The third-order valence-electron chi connectivity index (χ3n) is 5.50. The van der Waals surface area contributed by atoms with Gasteiger partial charge in [0.2, 0.25) is 5.91 Å². The van der Waals surface area contributed by atoms with Crippen LogP contribution in [0.25, 0.3) is 0 Å². The van der Waals surface area contributed by atoms with Crippen molar-refractivity contribution in [3.05, 3.63) is 17.6 Å². The summed E-state index contributed by atoms with van der Waals surface area (Å²) >= 11 is 1.80. The van der Waals surface area contributed by atoms with Crippen LogP contribution < -0.4 is 16.4 Å². The van der Waals surface area contributed by atoms with Gasteiger partial charge in [0.15, 0.2) is 0 Å². The minimum Gasteiger partial charge on any atom is -0.369 e. The molecule has 2 heterocycles. The minimum absolute atomic E-state index is 0.108. The second-order valence-electron chi connectivity index (χ2n) is 9.98. The maximum atomic E-state index is 13.8. The average molecular weight is 465 g/mol. The highest BCUT2D eigenvalue weighted by Gasteiger charge is 2.34. The number of amides is 2. The van der Waals surface area contributed by atoms with Crippen molar-refractivity contribution in [2.45, 2.75) is 58.9 Å². The molecule has 9 heteroatoms. The van der Waals surface area contributed by atoms with Crippen molar-refractivity contribution in [2.75, 3.05) is 43.5 Å². The topological polar surface area (TPSA) is 113 Å². The lowest BCUT2D eigenvalue weighted by Crippen LogP contribution is -2.54. The number of carbonyl (C=O) groups excluding carboxylic acids is 2. The molecule has 0 aromatic carbocycles. The first-order valence-electron chi connectivity index (χ1n) is 11.5. The van der Waals surface area contributed by atoms with Crippen molar-refractivity contribution < 1.29 is 9.59 Å². The number of aromatic nitrogens is 2. The first kappa shape index (κ1) is 26.4. The molecular formula is C23H40N6O2S. The van der Waals surface area contributed by atoms with Crippen molar-refractivity contribution in [2.24, 2.45) is 17.6 Å². The van der Waals surface area contributed by atoms with Crippen LogP contribution in [0, 0.1) is 11.8 Å². The lowest BCUT2D eigenvalue weighted by molar-refractivity contribution is -0.122. The Kier molecular flexibility index (Phi) is 9.76. The number of piperidine rings is 1. The van der Waals surface area contributed by atoms with E-state index in [2.05, 4.69) is 56.5 Å². The van der Waals surface area contributed by atoms with Gasteiger partial charge in [0, 0.05) is 43.8 Å². The second-order valence-corrected chi connectivity index (χ2v) is 11.0. The van der Waals surface area contributed by atoms with Gasteiger partial charge in [0.1, 0.15) is 17.2 Å². The summed E-state index contributed by atoms with van der Waals surface area (Å²) in [6.07, 6.45) is 5.28. The fraction of sp³-hybridized carbons (Fsp3) is 0.739. The Labute approximate surface area is 196 Å². The molecule has 0 bridgehead atoms. The number of nitrogens with two attached hydrogens (primary N) is 1. The first-order valence-corrected chi connectivity index (χ1v) is 12.8. The van der Waals surface area contributed by atoms with Crippen molar-refractivity contribution in [3.8, 4) is 0 Å². The Morgan fingerprint density at radius 2 is 2.06 bits per heavy atom. The van der Waals surface area contributed by atoms with E-state index in [9.17, 15) is 9.59 Å². The summed E-state index contributed by atoms with van der Waals surface area (Å²) in [7, 11) is 0. The predicted molar refractivity (Wildman–Crippen MR) is 132 cm³/mol. The lowest BCUT2D eigenvalue weighted by atomic mass is 9.93. The van der Waals surface area contributed by atoms with Gasteiger partial charge in [-0.2, -0.15) is 11.8 Å². The molecule has 1 aromatic rings. The smallest absolute Gasteiger partial charge is 0.259 e. The van der Waals surface area contributed by atoms with Crippen LogP contribution >= 0.6 is 11.8 Å². The number of anilines is 1. The van der Waals surface area contributed by atoms with E-state index in [4.69, 9.17) is 10.7 Å². The molecule has 2 atom stereocenters. The van der Waals surface area contributed by atoms with Crippen LogP contribution in [0.1, 0.15) is 63.6 Å². The zero-order chi connectivity index (χ0) is 23.9. The zero-order valence-electron chi connectivity index (χ0n) is 20.4. The maximum Gasteiger partial charge on any atom is 0.259 e. The number of primary amides is 1. The Hall–Kier alpha value is -1.87. The number of hydrogen-bond acceptors (Lipinski definition) is 7. The minimum atomic E-state index is -0.326. The quantitative estimate of drug-likeness (QED) is 0.456. The third-order valence-corrected chi connectivity index (χ3v) is 6.20. The number of thioether (sulfide) groups is 1. The van der Waals surface area contributed by atoms with E-state index >= 15 is 0 Å². The summed E-state index contributed by atoms with van der Waals surface area (Å²) in [6.45, 7) is 12.9. The molecular weight excluding hydrogens is 424 g/mol. The molecule has 8 nitrogen and oxygen atoms in total. The summed E-state index contributed by atoms with van der Waals surface area (Å²) in [6, 6.07) is -0.109. The van der Waals surface area contributed by atoms with E-state index in [1.807, 2.05) is 4.90 Å². The SMILES string of the molecule is CSCCCNc1nc(C(C)(C)C)ncc1C(=O)N(CC(C)C)[C@@H]1CNC[C@H](C(N)=O)C1. The van der Waals surface area contributed by atoms with Crippen molar-refractivity contribution in [1.29, 1.82) is 0 Å². The zero-order valence-corrected chi connectivity index (χ0v) is 21.2. The fourth-order valence-corrected chi connectivity index (χ4v) is 4.21. The Morgan fingerprint density at radius 3 is 2.66 bits per heavy atom. The molecule has 4 N–H and O–H groups in total. The van der Waals surface area contributed by atoms with Gasteiger partial charge in [-0.15, -0.1) is 0 Å². The normalized spacial score (nSPS) is 19.1. The summed E-state index contributed by atoms with van der Waals surface area (Å²) in [5, 5.41) is 6.65. The fourth-order valence-electron chi connectivity index (χ4n) is 3.78. The van der Waals surface area contributed by atoms with Crippen molar-refractivity contribution in [1.82, 2.24) is 20.2 Å². The van der Waals surface area contributed by atoms with Gasteiger partial charge >= 0.3 is 0 Å². The summed E-state index contributed by atoms with van der Waals surface area (Å²) < 4.78 is 0. The van der Waals surface area contributed by atoms with Crippen LogP contribution in [-0.4, -0.2) is 70.9 Å². The van der Waals surface area contributed by atoms with Crippen LogP contribution in [0.5, 0.6) is 0 Å². The molecule has 1 aliphatic heterocycles. The molecule has 0 aliphatic carbocycles. The lowest BCUT2D eigenvalue weighted by Gasteiger charge is -2.38. The monoisotopic (exact) mass is 464 g/mol. The number of nitrogens with zero attached hydrogens (tertiary/aromatic N) is 3. The molecule has 0 radical (unpaired) electrons. The van der Waals surface area contributed by atoms with Gasteiger partial charge < -0.3 is 21.3 Å². The number of carbonyl (C=O) groups is 2. The van der Waals surface area contributed by atoms with E-state index < -0.39 is 0 Å². The highest BCUT2D eigenvalue weighted by molar-refractivity contribution is 7.98. The van der Waals surface area contributed by atoms with Crippen LogP contribution in [0.4, 0.5) is 5.82 Å². The molecule has 0 unspecified atom stereocenters. The van der Waals surface area contributed by atoms with Gasteiger partial charge in [-0.05, 0) is 30.8 Å². The molecule has 1 aromatic heterocycles. The van der Waals surface area contributed by atoms with Gasteiger partial charge in [-0.3, -0.25) is 9.59 Å². The summed E-state index contributed by atoms with van der Waals surface area (Å²) in [5.74, 6) is 1.89. The predicted octanol–water partition coefficient (Wildman–Crippen LogP) is 2.50. The van der Waals surface area contributed by atoms with E-state index in [-0.39, 0.29) is 35.1 Å². The highest BCUT2D eigenvalue weighted by Crippen LogP contribution is 2.25. The largest absolute Gasteiger partial charge is 0.369 e. The first-order chi connectivity index (χ1) is 15.0. The number of nitrogens with one attached hydrogen (secondary N) is 2. The van der Waals surface area contributed by atoms with Gasteiger partial charge in [-0.1, -0.05) is 34.6 Å². The Bertz CT molecular complexity index is 780. The number of rotatable bonds is 10. The van der Waals surface area contributed by atoms with E-state index in [0.717, 1.165) is 18.7 Å².